The Hall–Kier alpha value is -2.92. The van der Waals surface area contributed by atoms with Crippen LogP contribution in [0.5, 0.6) is 0 Å². The van der Waals surface area contributed by atoms with Crippen molar-refractivity contribution in [2.75, 3.05) is 10.6 Å². The predicted molar refractivity (Wildman–Crippen MR) is 98.1 cm³/mol. The molecule has 126 valence electrons. The van der Waals surface area contributed by atoms with Crippen molar-refractivity contribution < 1.29 is 9.18 Å². The van der Waals surface area contributed by atoms with Gasteiger partial charge in [0.1, 0.15) is 11.5 Å². The van der Waals surface area contributed by atoms with Crippen LogP contribution in [0.15, 0.2) is 60.8 Å². The van der Waals surface area contributed by atoms with Crippen molar-refractivity contribution >= 4 is 34.6 Å². The van der Waals surface area contributed by atoms with Gasteiger partial charge in [0, 0.05) is 16.4 Å². The van der Waals surface area contributed by atoms with Crippen molar-refractivity contribution in [1.82, 2.24) is 4.98 Å². The van der Waals surface area contributed by atoms with Gasteiger partial charge in [-0.25, -0.2) is 9.37 Å². The third kappa shape index (κ3) is 4.14. The molecule has 1 heterocycles. The number of rotatable bonds is 4. The van der Waals surface area contributed by atoms with Crippen LogP contribution in [0.3, 0.4) is 0 Å². The second-order valence-corrected chi connectivity index (χ2v) is 5.84. The minimum atomic E-state index is -0.364. The lowest BCUT2D eigenvalue weighted by Crippen LogP contribution is -2.13. The van der Waals surface area contributed by atoms with Gasteiger partial charge in [0.2, 0.25) is 0 Å². The lowest BCUT2D eigenvalue weighted by Gasteiger charge is -2.11. The molecule has 2 N–H and O–H groups in total. The second-order valence-electron chi connectivity index (χ2n) is 5.43. The molecule has 2 aromatic carbocycles. The molecule has 1 aromatic heterocycles. The number of nitrogens with one attached hydrogen (secondary N) is 2. The van der Waals surface area contributed by atoms with Crippen molar-refractivity contribution in [2.24, 2.45) is 0 Å². The van der Waals surface area contributed by atoms with Gasteiger partial charge in [-0.05, 0) is 61.0 Å². The number of hydrogen-bond acceptors (Lipinski definition) is 3. The highest BCUT2D eigenvalue weighted by Crippen LogP contribution is 2.25. The van der Waals surface area contributed by atoms with Crippen molar-refractivity contribution in [3.63, 3.8) is 0 Å². The Kier molecular flexibility index (Phi) is 4.95. The zero-order valence-corrected chi connectivity index (χ0v) is 14.1. The maximum atomic E-state index is 12.9. The summed E-state index contributed by atoms with van der Waals surface area (Å²) >= 11 is 6.10. The molecule has 0 bridgehead atoms. The standard InChI is InChI=1S/C19H15ClFN3O/c1-12-16(20)3-2-4-17(12)23-15-9-10-18(22-11-15)19(25)24-14-7-5-13(21)6-8-14/h2-11,23H,1H3,(H,24,25). The molecule has 0 spiro atoms. The summed E-state index contributed by atoms with van der Waals surface area (Å²) in [5, 5.41) is 6.55. The SMILES string of the molecule is Cc1c(Cl)cccc1Nc1ccc(C(=O)Nc2ccc(F)cc2)nc1. The maximum absolute atomic E-state index is 12.9. The van der Waals surface area contributed by atoms with Crippen molar-refractivity contribution in [3.05, 3.63) is 82.9 Å². The summed E-state index contributed by atoms with van der Waals surface area (Å²) in [6, 6.07) is 14.5. The fourth-order valence-electron chi connectivity index (χ4n) is 2.23. The van der Waals surface area contributed by atoms with Gasteiger partial charge in [-0.15, -0.1) is 0 Å². The molecule has 0 unspecified atom stereocenters. The molecule has 25 heavy (non-hydrogen) atoms. The van der Waals surface area contributed by atoms with Crippen LogP contribution in [-0.2, 0) is 0 Å². The van der Waals surface area contributed by atoms with E-state index in [4.69, 9.17) is 11.6 Å². The van der Waals surface area contributed by atoms with E-state index in [0.717, 1.165) is 16.9 Å². The average Bonchev–Trinajstić information content (AvgIpc) is 2.61. The number of halogens is 2. The summed E-state index contributed by atoms with van der Waals surface area (Å²) in [7, 11) is 0. The number of nitrogens with zero attached hydrogens (tertiary/aromatic N) is 1. The Morgan fingerprint density at radius 3 is 2.44 bits per heavy atom. The molecule has 0 aliphatic heterocycles. The van der Waals surface area contributed by atoms with Crippen LogP contribution >= 0.6 is 11.6 Å². The fourth-order valence-corrected chi connectivity index (χ4v) is 2.40. The summed E-state index contributed by atoms with van der Waals surface area (Å²) in [6.45, 7) is 1.92. The van der Waals surface area contributed by atoms with Gasteiger partial charge in [0.05, 0.1) is 11.9 Å². The lowest BCUT2D eigenvalue weighted by molar-refractivity contribution is 0.102. The number of amides is 1. The first-order valence-electron chi connectivity index (χ1n) is 7.58. The number of aromatic nitrogens is 1. The quantitative estimate of drug-likeness (QED) is 0.678. The minimum absolute atomic E-state index is 0.262. The van der Waals surface area contributed by atoms with E-state index >= 15 is 0 Å². The third-order valence-electron chi connectivity index (χ3n) is 3.64. The van der Waals surface area contributed by atoms with Crippen LogP contribution in [0, 0.1) is 12.7 Å². The van der Waals surface area contributed by atoms with E-state index in [9.17, 15) is 9.18 Å². The molecule has 6 heteroatoms. The molecule has 0 saturated heterocycles. The molecule has 1 amide bonds. The van der Waals surface area contributed by atoms with Gasteiger partial charge >= 0.3 is 0 Å². The molecule has 4 nitrogen and oxygen atoms in total. The van der Waals surface area contributed by atoms with Crippen molar-refractivity contribution in [2.45, 2.75) is 6.92 Å². The highest BCUT2D eigenvalue weighted by atomic mass is 35.5. The Bertz CT molecular complexity index is 896. The van der Waals surface area contributed by atoms with Crippen LogP contribution in [0.2, 0.25) is 5.02 Å². The summed E-state index contributed by atoms with van der Waals surface area (Å²) in [5.41, 5.74) is 3.31. The number of carbonyl (C=O) groups is 1. The molecule has 0 radical (unpaired) electrons. The van der Waals surface area contributed by atoms with E-state index in [2.05, 4.69) is 15.6 Å². The van der Waals surface area contributed by atoms with Gasteiger partial charge in [-0.3, -0.25) is 4.79 Å². The summed E-state index contributed by atoms with van der Waals surface area (Å²) in [5.74, 6) is -0.722. The van der Waals surface area contributed by atoms with E-state index in [0.29, 0.717) is 10.7 Å². The van der Waals surface area contributed by atoms with Crippen LogP contribution in [-0.4, -0.2) is 10.9 Å². The molecule has 3 rings (SSSR count). The van der Waals surface area contributed by atoms with Crippen LogP contribution in [0.25, 0.3) is 0 Å². The molecule has 3 aromatic rings. The van der Waals surface area contributed by atoms with Crippen molar-refractivity contribution in [1.29, 1.82) is 0 Å². The number of hydrogen-bond donors (Lipinski definition) is 2. The smallest absolute Gasteiger partial charge is 0.274 e. The first kappa shape index (κ1) is 16.9. The molecular weight excluding hydrogens is 341 g/mol. The maximum Gasteiger partial charge on any atom is 0.274 e. The van der Waals surface area contributed by atoms with E-state index in [1.54, 1.807) is 18.3 Å². The van der Waals surface area contributed by atoms with Gasteiger partial charge in [0.25, 0.3) is 5.91 Å². The highest BCUT2D eigenvalue weighted by molar-refractivity contribution is 6.31. The molecule has 0 aliphatic carbocycles. The lowest BCUT2D eigenvalue weighted by atomic mass is 10.2. The summed E-state index contributed by atoms with van der Waals surface area (Å²) < 4.78 is 12.9. The Morgan fingerprint density at radius 1 is 1.04 bits per heavy atom. The predicted octanol–water partition coefficient (Wildman–Crippen LogP) is 5.18. The van der Waals surface area contributed by atoms with E-state index in [-0.39, 0.29) is 17.4 Å². The van der Waals surface area contributed by atoms with E-state index in [1.807, 2.05) is 25.1 Å². The van der Waals surface area contributed by atoms with Crippen LogP contribution < -0.4 is 10.6 Å². The van der Waals surface area contributed by atoms with E-state index < -0.39 is 0 Å². The molecule has 0 fully saturated rings. The normalized spacial score (nSPS) is 10.4. The Morgan fingerprint density at radius 2 is 1.76 bits per heavy atom. The first-order chi connectivity index (χ1) is 12.0. The van der Waals surface area contributed by atoms with Gasteiger partial charge in [0.15, 0.2) is 0 Å². The zero-order chi connectivity index (χ0) is 17.8. The fraction of sp³-hybridized carbons (Fsp3) is 0.0526. The Balaban J connectivity index is 1.70. The number of benzene rings is 2. The topological polar surface area (TPSA) is 54.0 Å². The zero-order valence-electron chi connectivity index (χ0n) is 13.4. The largest absolute Gasteiger partial charge is 0.354 e. The number of anilines is 3. The molecule has 0 atom stereocenters. The second kappa shape index (κ2) is 7.32. The van der Waals surface area contributed by atoms with Crippen LogP contribution in [0.4, 0.5) is 21.5 Å². The van der Waals surface area contributed by atoms with Gasteiger partial charge in [-0.1, -0.05) is 17.7 Å². The van der Waals surface area contributed by atoms with Gasteiger partial charge < -0.3 is 10.6 Å². The highest BCUT2D eigenvalue weighted by Gasteiger charge is 2.08. The minimum Gasteiger partial charge on any atom is -0.354 e. The first-order valence-corrected chi connectivity index (χ1v) is 7.96. The molecular formula is C19H15ClFN3O. The van der Waals surface area contributed by atoms with Crippen LogP contribution in [0.1, 0.15) is 16.1 Å². The monoisotopic (exact) mass is 355 g/mol. The Labute approximate surface area is 149 Å². The third-order valence-corrected chi connectivity index (χ3v) is 4.05. The summed E-state index contributed by atoms with van der Waals surface area (Å²) in [4.78, 5) is 16.3. The van der Waals surface area contributed by atoms with Crippen molar-refractivity contribution in [3.8, 4) is 0 Å². The van der Waals surface area contributed by atoms with Gasteiger partial charge in [-0.2, -0.15) is 0 Å². The van der Waals surface area contributed by atoms with E-state index in [1.165, 1.54) is 24.3 Å². The number of carbonyl (C=O) groups excluding carboxylic acids is 1. The number of pyridine rings is 1. The summed E-state index contributed by atoms with van der Waals surface area (Å²) in [6.07, 6.45) is 1.57. The molecule has 0 saturated carbocycles. The average molecular weight is 356 g/mol. The molecule has 0 aliphatic rings.